The summed E-state index contributed by atoms with van der Waals surface area (Å²) in [5.41, 5.74) is 0.504. The molecule has 112 valence electrons. The second kappa shape index (κ2) is 8.68. The molecule has 4 nitrogen and oxygen atoms in total. The van der Waals surface area contributed by atoms with Gasteiger partial charge in [-0.2, -0.15) is 0 Å². The third-order valence-electron chi connectivity index (χ3n) is 2.75. The van der Waals surface area contributed by atoms with E-state index in [-0.39, 0.29) is 17.2 Å². The summed E-state index contributed by atoms with van der Waals surface area (Å²) in [6.45, 7) is 4.72. The first-order valence-electron chi connectivity index (χ1n) is 6.75. The van der Waals surface area contributed by atoms with Crippen LogP contribution in [0.2, 0.25) is 0 Å². The van der Waals surface area contributed by atoms with Crippen LogP contribution >= 0.6 is 0 Å². The Hall–Kier alpha value is -1.43. The molecule has 0 radical (unpaired) electrons. The van der Waals surface area contributed by atoms with Crippen LogP contribution in [0.4, 0.5) is 10.1 Å². The molecule has 0 fully saturated rings. The molecule has 1 amide bonds. The zero-order chi connectivity index (χ0) is 15.0. The van der Waals surface area contributed by atoms with Gasteiger partial charge in [0, 0.05) is 35.4 Å². The molecule has 0 heterocycles. The molecule has 0 saturated carbocycles. The Bertz CT molecular complexity index is 480. The van der Waals surface area contributed by atoms with Crippen molar-refractivity contribution in [2.75, 3.05) is 29.9 Å². The highest BCUT2D eigenvalue weighted by Crippen LogP contribution is 2.19. The number of nitrogens with one attached hydrogen (secondary N) is 2. The Kier molecular flexibility index (Phi) is 7.22. The summed E-state index contributed by atoms with van der Waals surface area (Å²) in [4.78, 5) is 12.0. The molecule has 0 aliphatic carbocycles. The molecule has 0 aliphatic rings. The SMILES string of the molecule is CCCNc1c(F)cccc1C(=O)NCCS(=O)CC. The first-order valence-corrected chi connectivity index (χ1v) is 8.24. The molecule has 0 aliphatic heterocycles. The molecule has 0 bridgehead atoms. The van der Waals surface area contributed by atoms with Crippen molar-refractivity contribution in [1.29, 1.82) is 0 Å². The molecule has 1 aromatic rings. The lowest BCUT2D eigenvalue weighted by Crippen LogP contribution is -2.29. The van der Waals surface area contributed by atoms with E-state index < -0.39 is 16.6 Å². The Labute approximate surface area is 121 Å². The van der Waals surface area contributed by atoms with Crippen molar-refractivity contribution in [1.82, 2.24) is 5.32 Å². The van der Waals surface area contributed by atoms with Crippen molar-refractivity contribution >= 4 is 22.4 Å². The summed E-state index contributed by atoms with van der Waals surface area (Å²) >= 11 is 0. The number of amides is 1. The second-order valence-electron chi connectivity index (χ2n) is 4.28. The summed E-state index contributed by atoms with van der Waals surface area (Å²) in [5, 5.41) is 5.60. The highest BCUT2D eigenvalue weighted by molar-refractivity contribution is 7.84. The van der Waals surface area contributed by atoms with Gasteiger partial charge in [-0.15, -0.1) is 0 Å². The van der Waals surface area contributed by atoms with Crippen LogP contribution in [0.3, 0.4) is 0 Å². The minimum absolute atomic E-state index is 0.225. The topological polar surface area (TPSA) is 58.2 Å². The minimum atomic E-state index is -0.919. The maximum Gasteiger partial charge on any atom is 0.253 e. The normalized spacial score (nSPS) is 11.9. The third kappa shape index (κ3) is 4.92. The van der Waals surface area contributed by atoms with Gasteiger partial charge in [-0.1, -0.05) is 19.9 Å². The highest BCUT2D eigenvalue weighted by atomic mass is 32.2. The number of benzene rings is 1. The number of rotatable bonds is 8. The lowest BCUT2D eigenvalue weighted by molar-refractivity contribution is 0.0956. The van der Waals surface area contributed by atoms with E-state index in [1.807, 2.05) is 13.8 Å². The number of anilines is 1. The van der Waals surface area contributed by atoms with Gasteiger partial charge in [-0.3, -0.25) is 9.00 Å². The van der Waals surface area contributed by atoms with Crippen LogP contribution in [0.1, 0.15) is 30.6 Å². The Balaban J connectivity index is 2.71. The van der Waals surface area contributed by atoms with E-state index in [1.165, 1.54) is 12.1 Å². The van der Waals surface area contributed by atoms with Crippen molar-refractivity contribution < 1.29 is 13.4 Å². The van der Waals surface area contributed by atoms with Gasteiger partial charge >= 0.3 is 0 Å². The van der Waals surface area contributed by atoms with Crippen LogP contribution in [-0.2, 0) is 10.8 Å². The first-order chi connectivity index (χ1) is 9.60. The summed E-state index contributed by atoms with van der Waals surface area (Å²) in [6, 6.07) is 4.40. The number of hydrogen-bond donors (Lipinski definition) is 2. The van der Waals surface area contributed by atoms with E-state index in [9.17, 15) is 13.4 Å². The Morgan fingerprint density at radius 3 is 2.70 bits per heavy atom. The monoisotopic (exact) mass is 300 g/mol. The Morgan fingerprint density at radius 1 is 1.30 bits per heavy atom. The molecule has 1 rings (SSSR count). The predicted molar refractivity (Wildman–Crippen MR) is 81.1 cm³/mol. The van der Waals surface area contributed by atoms with Gasteiger partial charge in [0.2, 0.25) is 0 Å². The third-order valence-corrected chi connectivity index (χ3v) is 4.05. The average Bonchev–Trinajstić information content (AvgIpc) is 2.45. The first kappa shape index (κ1) is 16.6. The molecule has 0 aromatic heterocycles. The quantitative estimate of drug-likeness (QED) is 0.773. The maximum atomic E-state index is 13.7. The van der Waals surface area contributed by atoms with Crippen LogP contribution in [0, 0.1) is 5.82 Å². The predicted octanol–water partition coefficient (Wildman–Crippen LogP) is 2.15. The summed E-state index contributed by atoms with van der Waals surface area (Å²) in [6.07, 6.45) is 0.838. The average molecular weight is 300 g/mol. The van der Waals surface area contributed by atoms with E-state index in [0.717, 1.165) is 6.42 Å². The second-order valence-corrected chi connectivity index (χ2v) is 6.14. The number of para-hydroxylation sites is 1. The van der Waals surface area contributed by atoms with Crippen molar-refractivity contribution in [3.05, 3.63) is 29.6 Å². The lowest BCUT2D eigenvalue weighted by atomic mass is 10.1. The van der Waals surface area contributed by atoms with Crippen LogP contribution in [0.15, 0.2) is 18.2 Å². The molecule has 1 atom stereocenters. The van der Waals surface area contributed by atoms with Crippen molar-refractivity contribution in [3.8, 4) is 0 Å². The van der Waals surface area contributed by atoms with Crippen LogP contribution < -0.4 is 10.6 Å². The minimum Gasteiger partial charge on any atom is -0.382 e. The van der Waals surface area contributed by atoms with Gasteiger partial charge in [0.1, 0.15) is 5.82 Å². The van der Waals surface area contributed by atoms with E-state index in [0.29, 0.717) is 24.6 Å². The fraction of sp³-hybridized carbons (Fsp3) is 0.500. The Morgan fingerprint density at radius 2 is 2.05 bits per heavy atom. The van der Waals surface area contributed by atoms with Crippen molar-refractivity contribution in [2.24, 2.45) is 0 Å². The van der Waals surface area contributed by atoms with Crippen LogP contribution in [0.5, 0.6) is 0 Å². The number of hydrogen-bond acceptors (Lipinski definition) is 3. The number of carbonyl (C=O) groups is 1. The van der Waals surface area contributed by atoms with Gasteiger partial charge in [0.05, 0.1) is 11.3 Å². The van der Waals surface area contributed by atoms with Crippen molar-refractivity contribution in [2.45, 2.75) is 20.3 Å². The number of carbonyl (C=O) groups excluding carboxylic acids is 1. The molecule has 1 unspecified atom stereocenters. The van der Waals surface area contributed by atoms with Crippen molar-refractivity contribution in [3.63, 3.8) is 0 Å². The summed E-state index contributed by atoms with van der Waals surface area (Å²) < 4.78 is 25.0. The fourth-order valence-electron chi connectivity index (χ4n) is 1.66. The van der Waals surface area contributed by atoms with Crippen LogP contribution in [-0.4, -0.2) is 34.7 Å². The number of halogens is 1. The highest BCUT2D eigenvalue weighted by Gasteiger charge is 2.14. The zero-order valence-corrected chi connectivity index (χ0v) is 12.7. The molecular weight excluding hydrogens is 279 g/mol. The van der Waals surface area contributed by atoms with Gasteiger partial charge in [-0.25, -0.2) is 4.39 Å². The molecule has 20 heavy (non-hydrogen) atoms. The van der Waals surface area contributed by atoms with Gasteiger partial charge in [-0.05, 0) is 18.6 Å². The fourth-order valence-corrected chi connectivity index (χ4v) is 2.28. The standard InChI is InChI=1S/C14H21FN2O2S/c1-3-8-16-13-11(6-5-7-12(13)15)14(18)17-9-10-20(19)4-2/h5-7,16H,3-4,8-10H2,1-2H3,(H,17,18). The van der Waals surface area contributed by atoms with E-state index in [2.05, 4.69) is 10.6 Å². The smallest absolute Gasteiger partial charge is 0.253 e. The lowest BCUT2D eigenvalue weighted by Gasteiger charge is -2.12. The molecule has 1 aromatic carbocycles. The molecule has 2 N–H and O–H groups in total. The molecule has 0 saturated heterocycles. The van der Waals surface area contributed by atoms with E-state index in [4.69, 9.17) is 0 Å². The molecular formula is C14H21FN2O2S. The van der Waals surface area contributed by atoms with Gasteiger partial charge in [0.15, 0.2) is 0 Å². The summed E-state index contributed by atoms with van der Waals surface area (Å²) in [7, 11) is -0.919. The largest absolute Gasteiger partial charge is 0.382 e. The summed E-state index contributed by atoms with van der Waals surface area (Å²) in [5.74, 6) is 0.188. The van der Waals surface area contributed by atoms with E-state index in [1.54, 1.807) is 6.07 Å². The van der Waals surface area contributed by atoms with Crippen LogP contribution in [0.25, 0.3) is 0 Å². The molecule has 0 spiro atoms. The van der Waals surface area contributed by atoms with Gasteiger partial charge in [0.25, 0.3) is 5.91 Å². The zero-order valence-electron chi connectivity index (χ0n) is 11.9. The van der Waals surface area contributed by atoms with E-state index >= 15 is 0 Å². The molecule has 6 heteroatoms. The maximum absolute atomic E-state index is 13.7. The van der Waals surface area contributed by atoms with Gasteiger partial charge < -0.3 is 10.6 Å².